The minimum atomic E-state index is -4.60. The van der Waals surface area contributed by atoms with Gasteiger partial charge in [-0.3, -0.25) is 9.11 Å². The Morgan fingerprint density at radius 1 is 0.597 bits per heavy atom. The molecular formula is C46H47N13O8S5. The number of methoxy groups -OCH3 is 2. The Bertz CT molecular complexity index is 3340. The van der Waals surface area contributed by atoms with Gasteiger partial charge in [-0.25, -0.2) is 0 Å². The normalized spacial score (nSPS) is 12.1. The van der Waals surface area contributed by atoms with E-state index in [1.807, 2.05) is 66.7 Å². The molecule has 5 aromatic carbocycles. The summed E-state index contributed by atoms with van der Waals surface area (Å²) in [6.45, 7) is 11.1. The van der Waals surface area contributed by atoms with Crippen molar-refractivity contribution < 1.29 is 35.4 Å². The van der Waals surface area contributed by atoms with E-state index in [0.717, 1.165) is 66.2 Å². The molecule has 3 heterocycles. The number of nitrogens with one attached hydrogen (secondary N) is 2. The molecular weight excluding hydrogens is 1020 g/mol. The highest BCUT2D eigenvalue weighted by Crippen LogP contribution is 2.42. The first-order valence-electron chi connectivity index (χ1n) is 22.1. The van der Waals surface area contributed by atoms with Crippen LogP contribution < -0.4 is 29.9 Å². The van der Waals surface area contributed by atoms with E-state index < -0.39 is 30.0 Å². The number of thioether (sulfide) groups is 1. The molecule has 72 heavy (non-hydrogen) atoms. The summed E-state index contributed by atoms with van der Waals surface area (Å²) >= 11 is 3.41. The summed E-state index contributed by atoms with van der Waals surface area (Å²) in [5, 5.41) is 27.2. The van der Waals surface area contributed by atoms with Crippen molar-refractivity contribution in [3.8, 4) is 11.5 Å². The predicted octanol–water partition coefficient (Wildman–Crippen LogP) is 11.9. The third-order valence-corrected chi connectivity index (χ3v) is 15.3. The van der Waals surface area contributed by atoms with E-state index in [0.29, 0.717) is 54.4 Å². The summed E-state index contributed by atoms with van der Waals surface area (Å²) in [7, 11) is -6.60. The number of azo groups is 2. The molecule has 0 atom stereocenters. The van der Waals surface area contributed by atoms with E-state index in [1.54, 1.807) is 0 Å². The Kier molecular flexibility index (Phi) is 15.9. The molecule has 0 radical (unpaired) electrons. The molecule has 374 valence electrons. The van der Waals surface area contributed by atoms with Gasteiger partial charge in [0.1, 0.15) is 32.7 Å². The molecule has 0 aliphatic carbocycles. The van der Waals surface area contributed by atoms with E-state index in [9.17, 15) is 25.9 Å². The van der Waals surface area contributed by atoms with Gasteiger partial charge in [0.2, 0.25) is 11.9 Å². The van der Waals surface area contributed by atoms with Gasteiger partial charge in [0, 0.05) is 54.1 Å². The lowest BCUT2D eigenvalue weighted by atomic mass is 10.2. The molecule has 3 aromatic heterocycles. The van der Waals surface area contributed by atoms with Crippen LogP contribution in [0.3, 0.4) is 0 Å². The number of fused-ring (bicyclic) bond motifs is 2. The minimum Gasteiger partial charge on any atom is -0.495 e. The molecule has 0 fully saturated rings. The van der Waals surface area contributed by atoms with Gasteiger partial charge in [-0.1, -0.05) is 42.1 Å². The van der Waals surface area contributed by atoms with Gasteiger partial charge < -0.3 is 29.9 Å². The average Bonchev–Trinajstić information content (AvgIpc) is 3.97. The second kappa shape index (κ2) is 22.2. The van der Waals surface area contributed by atoms with E-state index in [2.05, 4.69) is 77.3 Å². The molecule has 0 bridgehead atoms. The Morgan fingerprint density at radius 3 is 1.44 bits per heavy atom. The maximum atomic E-state index is 12.1. The molecule has 8 aromatic rings. The number of nitrogens with zero attached hydrogens (tertiary/aromatic N) is 11. The van der Waals surface area contributed by atoms with Gasteiger partial charge in [-0.05, 0) is 117 Å². The monoisotopic (exact) mass is 1070 g/mol. The van der Waals surface area contributed by atoms with Crippen molar-refractivity contribution in [3.63, 3.8) is 0 Å². The van der Waals surface area contributed by atoms with E-state index in [-0.39, 0.29) is 34.4 Å². The molecule has 26 heteroatoms. The summed E-state index contributed by atoms with van der Waals surface area (Å²) in [5.41, 5.74) is 5.26. The zero-order valence-corrected chi connectivity index (χ0v) is 43.6. The standard InChI is InChI=1S/C46H47N13O8S5/c1-7-58(8-2)28-16-18-32(52-54-42-30-22-38(66-5)40(71(60,61)62)24-34(30)56-69-42)36(20-28)47-44-49-45(51-46(50-44)68-26-27-14-12-11-13-15-27)48-37-21-29(59(9-3)10-4)17-19-33(37)53-55-43-31-23-39(67-6)41(72(63,64)65)25-35(31)57-70-43/h11-25H,7-10,26H2,1-6H3,(H,60,61,62)(H,63,64,65)(H2,47,48,49,50,51)/b54-52+,55-53+. The van der Waals surface area contributed by atoms with Gasteiger partial charge in [-0.15, -0.1) is 20.5 Å². The van der Waals surface area contributed by atoms with Crippen LogP contribution in [-0.4, -0.2) is 90.0 Å². The smallest absolute Gasteiger partial charge is 0.298 e. The molecule has 0 unspecified atom stereocenters. The number of anilines is 6. The molecule has 0 aliphatic rings. The van der Waals surface area contributed by atoms with E-state index in [1.165, 1.54) is 50.2 Å². The average molecular weight is 1070 g/mol. The Hall–Kier alpha value is -6.94. The first-order valence-corrected chi connectivity index (χ1v) is 27.5. The van der Waals surface area contributed by atoms with Gasteiger partial charge in [0.25, 0.3) is 20.2 Å². The fraction of sp³-hybridized carbons (Fsp3) is 0.239. The highest BCUT2D eigenvalue weighted by Gasteiger charge is 2.23. The second-order valence-corrected chi connectivity index (χ2v) is 20.6. The van der Waals surface area contributed by atoms with Crippen molar-refractivity contribution in [1.29, 1.82) is 0 Å². The van der Waals surface area contributed by atoms with E-state index in [4.69, 9.17) is 24.4 Å². The van der Waals surface area contributed by atoms with Crippen LogP contribution in [0.15, 0.2) is 126 Å². The fourth-order valence-electron chi connectivity index (χ4n) is 7.43. The summed E-state index contributed by atoms with van der Waals surface area (Å²) < 4.78 is 87.2. The van der Waals surface area contributed by atoms with Crippen LogP contribution in [-0.2, 0) is 26.0 Å². The third kappa shape index (κ3) is 11.7. The van der Waals surface area contributed by atoms with Gasteiger partial charge in [0.05, 0.1) is 36.6 Å². The number of ether oxygens (including phenoxy) is 2. The first-order chi connectivity index (χ1) is 34.6. The zero-order chi connectivity index (χ0) is 51.2. The zero-order valence-electron chi connectivity index (χ0n) is 39.5. The van der Waals surface area contributed by atoms with Gasteiger partial charge in [-0.2, -0.15) is 40.5 Å². The number of aromatic nitrogens is 5. The number of hydrogen-bond donors (Lipinski definition) is 4. The Balaban J connectivity index is 1.20. The predicted molar refractivity (Wildman–Crippen MR) is 283 cm³/mol. The van der Waals surface area contributed by atoms with Crippen molar-refractivity contribution in [3.05, 3.63) is 96.6 Å². The molecule has 0 saturated carbocycles. The van der Waals surface area contributed by atoms with Crippen LogP contribution >= 0.6 is 34.8 Å². The minimum absolute atomic E-state index is 0.0728. The lowest BCUT2D eigenvalue weighted by molar-refractivity contribution is 0.398. The highest BCUT2D eigenvalue weighted by molar-refractivity contribution is 7.98. The van der Waals surface area contributed by atoms with Crippen LogP contribution in [0.4, 0.5) is 56.0 Å². The number of rotatable bonds is 21. The maximum Gasteiger partial charge on any atom is 0.298 e. The summed E-state index contributed by atoms with van der Waals surface area (Å²) in [4.78, 5) is 18.1. The van der Waals surface area contributed by atoms with Crippen LogP contribution in [0.2, 0.25) is 0 Å². The quantitative estimate of drug-likeness (QED) is 0.0296. The summed E-state index contributed by atoms with van der Waals surface area (Å²) in [6, 6.07) is 26.6. The lowest BCUT2D eigenvalue weighted by Gasteiger charge is -2.22. The largest absolute Gasteiger partial charge is 0.495 e. The maximum absolute atomic E-state index is 12.1. The Labute approximate surface area is 427 Å². The van der Waals surface area contributed by atoms with Crippen molar-refractivity contribution in [2.45, 2.75) is 48.4 Å². The fourth-order valence-corrected chi connectivity index (χ4v) is 10.9. The van der Waals surface area contributed by atoms with Crippen LogP contribution in [0.1, 0.15) is 33.3 Å². The SMILES string of the molecule is CCN(CC)c1ccc(/N=N/c2snc3cc(S(=O)(=O)O)c(OC)cc23)c(Nc2nc(Nc3cc(N(CC)CC)ccc3/N=N/c3snc4cc(S(=O)(=O)O)c(OC)cc34)nc(SCc3ccccc3)n2)c1. The topological polar surface area (TPSA) is 272 Å². The molecule has 21 nitrogen and oxygen atoms in total. The number of benzene rings is 5. The highest BCUT2D eigenvalue weighted by atomic mass is 32.2. The third-order valence-electron chi connectivity index (χ3n) is 11.1. The molecule has 0 spiro atoms. The van der Waals surface area contributed by atoms with Gasteiger partial charge in [0.15, 0.2) is 15.2 Å². The van der Waals surface area contributed by atoms with Crippen LogP contribution in [0, 0.1) is 0 Å². The second-order valence-electron chi connectivity index (χ2n) is 15.4. The van der Waals surface area contributed by atoms with Gasteiger partial charge >= 0.3 is 0 Å². The molecule has 0 saturated heterocycles. The van der Waals surface area contributed by atoms with E-state index >= 15 is 0 Å². The molecule has 0 aliphatic heterocycles. The Morgan fingerprint density at radius 2 is 1.04 bits per heavy atom. The number of hydrogen-bond acceptors (Lipinski definition) is 22. The van der Waals surface area contributed by atoms with Crippen LogP contribution in [0.25, 0.3) is 21.8 Å². The first kappa shape index (κ1) is 51.4. The molecule has 8 rings (SSSR count). The van der Waals surface area contributed by atoms with Crippen molar-refractivity contribution in [2.75, 3.05) is 60.8 Å². The van der Waals surface area contributed by atoms with Crippen molar-refractivity contribution in [2.24, 2.45) is 20.5 Å². The lowest BCUT2D eigenvalue weighted by Crippen LogP contribution is -2.21. The van der Waals surface area contributed by atoms with Crippen molar-refractivity contribution >= 4 is 133 Å². The molecule has 0 amide bonds. The molecule has 4 N–H and O–H groups in total. The van der Waals surface area contributed by atoms with Crippen LogP contribution in [0.5, 0.6) is 11.5 Å². The summed E-state index contributed by atoms with van der Waals surface area (Å²) in [6.07, 6.45) is 0. The summed E-state index contributed by atoms with van der Waals surface area (Å²) in [5.74, 6) is 0.766. The van der Waals surface area contributed by atoms with Crippen molar-refractivity contribution in [1.82, 2.24) is 23.7 Å².